The molecule has 1 aromatic heterocycles. The maximum absolute atomic E-state index is 12.5. The van der Waals surface area contributed by atoms with Gasteiger partial charge in [-0.2, -0.15) is 18.2 Å². The molecule has 0 unspecified atom stereocenters. The van der Waals surface area contributed by atoms with Crippen LogP contribution in [0.2, 0.25) is 0 Å². The molecule has 8 heteroatoms. The zero-order valence-corrected chi connectivity index (χ0v) is 9.65. The second-order valence-corrected chi connectivity index (χ2v) is 3.78. The number of nitrogens with zero attached hydrogens (tertiary/aromatic N) is 2. The van der Waals surface area contributed by atoms with Crippen LogP contribution in [0.3, 0.4) is 0 Å². The standard InChI is InChI=1S/C10H11F3N2O3/c1-5(2)9-14-6(10(11,12)13)3-7(15-9)18-4-8(16)17/h3,5H,4H2,1-2H3,(H,16,17). The number of hydrogen-bond donors (Lipinski definition) is 1. The van der Waals surface area contributed by atoms with Gasteiger partial charge in [0, 0.05) is 12.0 Å². The molecular weight excluding hydrogens is 253 g/mol. The highest BCUT2D eigenvalue weighted by atomic mass is 19.4. The highest BCUT2D eigenvalue weighted by Crippen LogP contribution is 2.30. The number of carboxylic acid groups (broad SMARTS) is 1. The van der Waals surface area contributed by atoms with Crippen LogP contribution in [0, 0.1) is 0 Å². The average Bonchev–Trinajstić information content (AvgIpc) is 2.24. The van der Waals surface area contributed by atoms with Gasteiger partial charge in [-0.25, -0.2) is 9.78 Å². The van der Waals surface area contributed by atoms with E-state index in [0.29, 0.717) is 6.07 Å². The molecule has 0 atom stereocenters. The smallest absolute Gasteiger partial charge is 0.433 e. The Kier molecular flexibility index (Phi) is 4.10. The van der Waals surface area contributed by atoms with E-state index in [0.717, 1.165) is 0 Å². The Balaban J connectivity index is 3.10. The van der Waals surface area contributed by atoms with Crippen LogP contribution in [0.15, 0.2) is 6.07 Å². The summed E-state index contributed by atoms with van der Waals surface area (Å²) in [5, 5.41) is 8.39. The van der Waals surface area contributed by atoms with Gasteiger partial charge < -0.3 is 9.84 Å². The van der Waals surface area contributed by atoms with Crippen LogP contribution < -0.4 is 4.74 Å². The topological polar surface area (TPSA) is 72.3 Å². The van der Waals surface area contributed by atoms with Crippen molar-refractivity contribution < 1.29 is 27.8 Å². The second-order valence-electron chi connectivity index (χ2n) is 3.78. The van der Waals surface area contributed by atoms with Crippen LogP contribution in [0.5, 0.6) is 5.88 Å². The Morgan fingerprint density at radius 3 is 2.50 bits per heavy atom. The van der Waals surface area contributed by atoms with Gasteiger partial charge in [-0.3, -0.25) is 0 Å². The molecule has 0 radical (unpaired) electrons. The Hall–Kier alpha value is -1.86. The summed E-state index contributed by atoms with van der Waals surface area (Å²) < 4.78 is 42.3. The fourth-order valence-electron chi connectivity index (χ4n) is 1.06. The molecule has 100 valence electrons. The summed E-state index contributed by atoms with van der Waals surface area (Å²) in [5.74, 6) is -2.08. The van der Waals surface area contributed by atoms with Crippen molar-refractivity contribution in [2.45, 2.75) is 25.9 Å². The highest BCUT2D eigenvalue weighted by molar-refractivity contribution is 5.68. The van der Waals surface area contributed by atoms with Crippen LogP contribution in [0.1, 0.15) is 31.3 Å². The fourth-order valence-corrected chi connectivity index (χ4v) is 1.06. The van der Waals surface area contributed by atoms with Crippen molar-refractivity contribution in [1.29, 1.82) is 0 Å². The van der Waals surface area contributed by atoms with Gasteiger partial charge in [0.2, 0.25) is 5.88 Å². The number of alkyl halides is 3. The van der Waals surface area contributed by atoms with Gasteiger partial charge in [-0.05, 0) is 0 Å². The molecule has 0 spiro atoms. The molecular formula is C10H11F3N2O3. The summed E-state index contributed by atoms with van der Waals surface area (Å²) in [6, 6.07) is 0.578. The van der Waals surface area contributed by atoms with Crippen molar-refractivity contribution in [1.82, 2.24) is 9.97 Å². The predicted octanol–water partition coefficient (Wildman–Crippen LogP) is 2.08. The first-order valence-corrected chi connectivity index (χ1v) is 5.01. The van der Waals surface area contributed by atoms with E-state index in [4.69, 9.17) is 5.11 Å². The van der Waals surface area contributed by atoms with Crippen LogP contribution in [-0.2, 0) is 11.0 Å². The molecule has 0 aromatic carbocycles. The number of rotatable bonds is 4. The quantitative estimate of drug-likeness (QED) is 0.901. The minimum absolute atomic E-state index is 0.0507. The van der Waals surface area contributed by atoms with Gasteiger partial charge in [0.1, 0.15) is 5.82 Å². The number of carboxylic acids is 1. The van der Waals surface area contributed by atoms with E-state index in [1.165, 1.54) is 0 Å². The molecule has 0 aliphatic heterocycles. The molecule has 1 N–H and O–H groups in total. The summed E-state index contributed by atoms with van der Waals surface area (Å²) >= 11 is 0. The summed E-state index contributed by atoms with van der Waals surface area (Å²) in [6.07, 6.45) is -4.63. The van der Waals surface area contributed by atoms with Crippen molar-refractivity contribution in [2.75, 3.05) is 6.61 Å². The Morgan fingerprint density at radius 1 is 1.44 bits per heavy atom. The van der Waals surface area contributed by atoms with Crippen molar-refractivity contribution in [2.24, 2.45) is 0 Å². The summed E-state index contributed by atoms with van der Waals surface area (Å²) in [7, 11) is 0. The number of carbonyl (C=O) groups is 1. The zero-order chi connectivity index (χ0) is 13.9. The summed E-state index contributed by atoms with van der Waals surface area (Å²) in [5.41, 5.74) is -1.15. The van der Waals surface area contributed by atoms with E-state index in [-0.39, 0.29) is 11.7 Å². The Labute approximate surface area is 101 Å². The van der Waals surface area contributed by atoms with E-state index in [9.17, 15) is 18.0 Å². The molecule has 0 aliphatic rings. The lowest BCUT2D eigenvalue weighted by molar-refractivity contribution is -0.141. The molecule has 1 heterocycles. The normalized spacial score (nSPS) is 11.7. The highest BCUT2D eigenvalue weighted by Gasteiger charge is 2.34. The summed E-state index contributed by atoms with van der Waals surface area (Å²) in [4.78, 5) is 17.4. The molecule has 0 fully saturated rings. The third-order valence-electron chi connectivity index (χ3n) is 1.87. The number of hydrogen-bond acceptors (Lipinski definition) is 4. The van der Waals surface area contributed by atoms with Crippen molar-refractivity contribution >= 4 is 5.97 Å². The fraction of sp³-hybridized carbons (Fsp3) is 0.500. The van der Waals surface area contributed by atoms with E-state index >= 15 is 0 Å². The van der Waals surface area contributed by atoms with Gasteiger partial charge in [0.05, 0.1) is 0 Å². The molecule has 1 rings (SSSR count). The first-order valence-electron chi connectivity index (χ1n) is 5.01. The van der Waals surface area contributed by atoms with Gasteiger partial charge >= 0.3 is 12.1 Å². The third-order valence-corrected chi connectivity index (χ3v) is 1.87. The van der Waals surface area contributed by atoms with Gasteiger partial charge in [-0.1, -0.05) is 13.8 Å². The van der Waals surface area contributed by atoms with Crippen molar-refractivity contribution in [3.8, 4) is 5.88 Å². The van der Waals surface area contributed by atoms with E-state index in [2.05, 4.69) is 14.7 Å². The molecule has 5 nitrogen and oxygen atoms in total. The number of aliphatic carboxylic acids is 1. The Morgan fingerprint density at radius 2 is 2.06 bits per heavy atom. The molecule has 0 aliphatic carbocycles. The lowest BCUT2D eigenvalue weighted by atomic mass is 10.2. The Bertz CT molecular complexity index is 446. The predicted molar refractivity (Wildman–Crippen MR) is 54.3 cm³/mol. The van der Waals surface area contributed by atoms with E-state index < -0.39 is 30.3 Å². The van der Waals surface area contributed by atoms with Crippen LogP contribution >= 0.6 is 0 Å². The monoisotopic (exact) mass is 264 g/mol. The molecule has 1 aromatic rings. The van der Waals surface area contributed by atoms with E-state index in [1.807, 2.05) is 0 Å². The van der Waals surface area contributed by atoms with Crippen LogP contribution in [-0.4, -0.2) is 27.7 Å². The summed E-state index contributed by atoms with van der Waals surface area (Å²) in [6.45, 7) is 2.48. The first-order chi connectivity index (χ1) is 8.20. The molecule has 0 amide bonds. The maximum Gasteiger partial charge on any atom is 0.433 e. The molecule has 0 bridgehead atoms. The van der Waals surface area contributed by atoms with Crippen LogP contribution in [0.25, 0.3) is 0 Å². The van der Waals surface area contributed by atoms with Crippen molar-refractivity contribution in [3.63, 3.8) is 0 Å². The van der Waals surface area contributed by atoms with Crippen molar-refractivity contribution in [3.05, 3.63) is 17.6 Å². The molecule has 0 saturated heterocycles. The van der Waals surface area contributed by atoms with Gasteiger partial charge in [-0.15, -0.1) is 0 Å². The number of halogens is 3. The SMILES string of the molecule is CC(C)c1nc(OCC(=O)O)cc(C(F)(F)F)n1. The minimum Gasteiger partial charge on any atom is -0.479 e. The molecule has 18 heavy (non-hydrogen) atoms. The number of ether oxygens (including phenoxy) is 1. The van der Waals surface area contributed by atoms with E-state index in [1.54, 1.807) is 13.8 Å². The van der Waals surface area contributed by atoms with Gasteiger partial charge in [0.25, 0.3) is 0 Å². The zero-order valence-electron chi connectivity index (χ0n) is 9.65. The average molecular weight is 264 g/mol. The minimum atomic E-state index is -4.63. The van der Waals surface area contributed by atoms with Crippen LogP contribution in [0.4, 0.5) is 13.2 Å². The maximum atomic E-state index is 12.5. The van der Waals surface area contributed by atoms with Gasteiger partial charge in [0.15, 0.2) is 12.3 Å². The number of aromatic nitrogens is 2. The largest absolute Gasteiger partial charge is 0.479 e. The second kappa shape index (κ2) is 5.19. The molecule has 0 saturated carbocycles. The lowest BCUT2D eigenvalue weighted by Gasteiger charge is -2.11. The third kappa shape index (κ3) is 3.86. The lowest BCUT2D eigenvalue weighted by Crippen LogP contribution is -2.15. The first kappa shape index (κ1) is 14.2.